The van der Waals surface area contributed by atoms with Crippen LogP contribution in [0.4, 0.5) is 0 Å². The van der Waals surface area contributed by atoms with Crippen LogP contribution >= 0.6 is 22.2 Å². The van der Waals surface area contributed by atoms with E-state index in [1.807, 2.05) is 0 Å². The highest BCUT2D eigenvalue weighted by Gasteiger charge is 2.31. The van der Waals surface area contributed by atoms with Crippen LogP contribution in [0.1, 0.15) is 28.4 Å². The molecule has 6 nitrogen and oxygen atoms in total. The Bertz CT molecular complexity index is 850. The Morgan fingerprint density at radius 1 is 1.39 bits per heavy atom. The molecule has 5 N–H and O–H groups in total. The Balaban J connectivity index is 2.21. The zero-order chi connectivity index (χ0) is 16.8. The highest BCUT2D eigenvalue weighted by Crippen LogP contribution is 2.56. The molecule has 0 aliphatic carbocycles. The fourth-order valence-corrected chi connectivity index (χ4v) is 4.76. The van der Waals surface area contributed by atoms with Gasteiger partial charge < -0.3 is 10.3 Å². The first kappa shape index (κ1) is 16.1. The molecule has 8 heteroatoms. The number of carbonyl (C=O) groups is 1. The van der Waals surface area contributed by atoms with E-state index in [1.165, 1.54) is 6.07 Å². The second-order valence-corrected chi connectivity index (χ2v) is 8.02. The van der Waals surface area contributed by atoms with Gasteiger partial charge in [-0.15, -0.1) is 0 Å². The molecule has 23 heavy (non-hydrogen) atoms. The highest BCUT2D eigenvalue weighted by molar-refractivity contribution is 8.24. The summed E-state index contributed by atoms with van der Waals surface area (Å²) in [6.07, 6.45) is 1.99. The standard InChI is InChI=1S/C15H16ClN3O3S/c16-9-7-11(15(18)20)14(17)19(8-9)12-5-6-23(21,22)13-4-2-1-3-10(12)13/h1-4,7-8,12,17,21-22H,5-6H2,(H2,18,20). The Labute approximate surface area is 139 Å². The monoisotopic (exact) mass is 353 g/mol. The lowest BCUT2D eigenvalue weighted by Gasteiger charge is -2.41. The van der Waals surface area contributed by atoms with Gasteiger partial charge in [-0.2, -0.15) is 10.6 Å². The molecule has 0 fully saturated rings. The number of pyridine rings is 1. The van der Waals surface area contributed by atoms with Crippen molar-refractivity contribution in [3.05, 3.63) is 58.2 Å². The van der Waals surface area contributed by atoms with Gasteiger partial charge in [-0.05, 0) is 24.1 Å². The van der Waals surface area contributed by atoms with Gasteiger partial charge in [-0.3, -0.25) is 19.3 Å². The van der Waals surface area contributed by atoms with Crippen molar-refractivity contribution in [3.8, 4) is 0 Å². The fraction of sp³-hybridized carbons (Fsp3) is 0.200. The van der Waals surface area contributed by atoms with Crippen molar-refractivity contribution >= 4 is 28.1 Å². The SMILES string of the molecule is N=c1c(C(N)=O)cc(Cl)cn1C1CCS(O)(O)c2ccccc21. The number of aromatic nitrogens is 1. The third kappa shape index (κ3) is 2.76. The molecule has 0 saturated heterocycles. The molecule has 0 saturated carbocycles. The number of primary amides is 1. The lowest BCUT2D eigenvalue weighted by atomic mass is 10.0. The number of nitrogens with one attached hydrogen (secondary N) is 1. The third-order valence-electron chi connectivity index (χ3n) is 3.97. The maximum Gasteiger partial charge on any atom is 0.252 e. The van der Waals surface area contributed by atoms with Crippen LogP contribution in [0.25, 0.3) is 0 Å². The molecule has 1 aromatic carbocycles. The zero-order valence-electron chi connectivity index (χ0n) is 12.1. The number of nitrogens with zero attached hydrogens (tertiary/aromatic N) is 1. The number of amides is 1. The maximum absolute atomic E-state index is 11.5. The summed E-state index contributed by atoms with van der Waals surface area (Å²) in [6, 6.07) is 8.08. The quantitative estimate of drug-likeness (QED) is 0.665. The molecule has 3 rings (SSSR count). The summed E-state index contributed by atoms with van der Waals surface area (Å²) < 4.78 is 22.0. The summed E-state index contributed by atoms with van der Waals surface area (Å²) in [6.45, 7) is 0. The Morgan fingerprint density at radius 2 is 2.09 bits per heavy atom. The Kier molecular flexibility index (Phi) is 3.97. The smallest absolute Gasteiger partial charge is 0.252 e. The van der Waals surface area contributed by atoms with E-state index in [4.69, 9.17) is 22.7 Å². The molecule has 1 aromatic heterocycles. The van der Waals surface area contributed by atoms with E-state index in [2.05, 4.69) is 0 Å². The fourth-order valence-electron chi connectivity index (χ4n) is 2.90. The van der Waals surface area contributed by atoms with Crippen LogP contribution in [0.5, 0.6) is 0 Å². The van der Waals surface area contributed by atoms with Gasteiger partial charge in [0.25, 0.3) is 5.91 Å². The van der Waals surface area contributed by atoms with Crippen molar-refractivity contribution in [2.24, 2.45) is 5.73 Å². The first-order valence-corrected chi connectivity index (χ1v) is 9.01. The van der Waals surface area contributed by atoms with Crippen LogP contribution in [-0.2, 0) is 0 Å². The molecule has 0 bridgehead atoms. The molecule has 122 valence electrons. The third-order valence-corrected chi connectivity index (χ3v) is 6.05. The Hall–Kier alpha value is -1.80. The molecule has 2 heterocycles. The largest absolute Gasteiger partial charge is 0.365 e. The minimum absolute atomic E-state index is 0.0344. The van der Waals surface area contributed by atoms with Gasteiger partial charge in [-0.25, -0.2) is 0 Å². The van der Waals surface area contributed by atoms with E-state index in [1.54, 1.807) is 35.0 Å². The summed E-state index contributed by atoms with van der Waals surface area (Å²) >= 11 is 6.06. The van der Waals surface area contributed by atoms with Crippen LogP contribution in [0.2, 0.25) is 5.02 Å². The lowest BCUT2D eigenvalue weighted by molar-refractivity contribution is 0.0997. The van der Waals surface area contributed by atoms with Gasteiger partial charge in [0, 0.05) is 11.9 Å². The predicted octanol–water partition coefficient (Wildman–Crippen LogP) is 2.82. The number of nitrogens with two attached hydrogens (primary N) is 1. The first-order chi connectivity index (χ1) is 10.8. The second kappa shape index (κ2) is 5.68. The number of rotatable bonds is 2. The molecule has 2 aromatic rings. The highest BCUT2D eigenvalue weighted by atomic mass is 35.5. The number of benzene rings is 1. The van der Waals surface area contributed by atoms with Crippen molar-refractivity contribution < 1.29 is 13.9 Å². The number of fused-ring (bicyclic) bond motifs is 1. The minimum Gasteiger partial charge on any atom is -0.365 e. The molecular formula is C15H16ClN3O3S. The molecule has 1 aliphatic rings. The maximum atomic E-state index is 11.5. The summed E-state index contributed by atoms with van der Waals surface area (Å²) in [5.74, 6) is -0.529. The normalized spacial score (nSPS) is 20.6. The average Bonchev–Trinajstić information content (AvgIpc) is 2.50. The predicted molar refractivity (Wildman–Crippen MR) is 89.0 cm³/mol. The molecule has 1 unspecified atom stereocenters. The van der Waals surface area contributed by atoms with Crippen molar-refractivity contribution in [2.75, 3.05) is 5.75 Å². The summed E-state index contributed by atoms with van der Waals surface area (Å²) in [5, 5.41) is 8.53. The minimum atomic E-state index is -2.83. The molecule has 0 radical (unpaired) electrons. The van der Waals surface area contributed by atoms with Gasteiger partial charge in [-0.1, -0.05) is 29.8 Å². The Morgan fingerprint density at radius 3 is 2.78 bits per heavy atom. The number of halogens is 1. The van der Waals surface area contributed by atoms with Crippen molar-refractivity contribution in [2.45, 2.75) is 17.4 Å². The molecule has 1 amide bonds. The van der Waals surface area contributed by atoms with Crippen LogP contribution < -0.4 is 11.2 Å². The van der Waals surface area contributed by atoms with E-state index in [0.29, 0.717) is 16.3 Å². The zero-order valence-corrected chi connectivity index (χ0v) is 13.6. The van der Waals surface area contributed by atoms with Gasteiger partial charge >= 0.3 is 0 Å². The first-order valence-electron chi connectivity index (χ1n) is 6.92. The second-order valence-electron chi connectivity index (χ2n) is 5.41. The van der Waals surface area contributed by atoms with E-state index in [9.17, 15) is 13.9 Å². The van der Waals surface area contributed by atoms with Crippen molar-refractivity contribution in [1.82, 2.24) is 4.57 Å². The van der Waals surface area contributed by atoms with Gasteiger partial charge in [0.15, 0.2) is 0 Å². The van der Waals surface area contributed by atoms with Crippen molar-refractivity contribution in [1.29, 1.82) is 5.41 Å². The summed E-state index contributed by atoms with van der Waals surface area (Å²) in [4.78, 5) is 12.0. The van der Waals surface area contributed by atoms with Gasteiger partial charge in [0.1, 0.15) is 5.49 Å². The van der Waals surface area contributed by atoms with Crippen LogP contribution in [0.15, 0.2) is 41.4 Å². The van der Waals surface area contributed by atoms with E-state index >= 15 is 0 Å². The van der Waals surface area contributed by atoms with Gasteiger partial charge in [0.05, 0.1) is 21.5 Å². The van der Waals surface area contributed by atoms with Crippen LogP contribution in [0.3, 0.4) is 0 Å². The summed E-state index contributed by atoms with van der Waals surface area (Å²) in [5.41, 5.74) is 6.02. The van der Waals surface area contributed by atoms with Crippen LogP contribution in [-0.4, -0.2) is 25.3 Å². The van der Waals surface area contributed by atoms with Crippen molar-refractivity contribution in [3.63, 3.8) is 0 Å². The lowest BCUT2D eigenvalue weighted by Crippen LogP contribution is -2.34. The van der Waals surface area contributed by atoms with E-state index in [-0.39, 0.29) is 22.8 Å². The number of hydrogen-bond donors (Lipinski definition) is 4. The topological polar surface area (TPSA) is 112 Å². The average molecular weight is 354 g/mol. The van der Waals surface area contributed by atoms with Gasteiger partial charge in [0.2, 0.25) is 0 Å². The summed E-state index contributed by atoms with van der Waals surface area (Å²) in [7, 11) is -2.83. The van der Waals surface area contributed by atoms with E-state index < -0.39 is 16.5 Å². The molecule has 0 spiro atoms. The van der Waals surface area contributed by atoms with Crippen LogP contribution in [0, 0.1) is 5.41 Å². The molecule has 1 atom stereocenters. The molecular weight excluding hydrogens is 338 g/mol. The number of carbonyl (C=O) groups excluding carboxylic acids is 1. The van der Waals surface area contributed by atoms with E-state index in [0.717, 1.165) is 5.56 Å². The number of hydrogen-bond acceptors (Lipinski definition) is 4. The molecule has 1 aliphatic heterocycles.